The summed E-state index contributed by atoms with van der Waals surface area (Å²) in [6, 6.07) is 11.4. The van der Waals surface area contributed by atoms with Crippen LogP contribution in [0.5, 0.6) is 0 Å². The number of nitriles is 1. The number of carbonyl (C=O) groups excluding carboxylic acids is 5. The van der Waals surface area contributed by atoms with Crippen LogP contribution in [-0.4, -0.2) is 83.4 Å². The van der Waals surface area contributed by atoms with Crippen LogP contribution in [0.25, 0.3) is 0 Å². The number of aryl methyl sites for hydroxylation is 1. The van der Waals surface area contributed by atoms with E-state index in [0.717, 1.165) is 5.56 Å². The zero-order chi connectivity index (χ0) is 37.8. The average molecular weight is 706 g/mol. The minimum atomic E-state index is -1.47. The smallest absolute Gasteiger partial charge is 0.420 e. The summed E-state index contributed by atoms with van der Waals surface area (Å²) in [4.78, 5) is 81.7. The minimum Gasteiger partial charge on any atom is -0.481 e. The van der Waals surface area contributed by atoms with Crippen LogP contribution in [0, 0.1) is 17.2 Å². The summed E-state index contributed by atoms with van der Waals surface area (Å²) in [5.41, 5.74) is 0.470. The molecule has 51 heavy (non-hydrogen) atoms. The number of amides is 5. The number of hydrogen-bond donors (Lipinski definition) is 2. The molecule has 2 aromatic rings. The van der Waals surface area contributed by atoms with Crippen LogP contribution in [0.15, 0.2) is 36.4 Å². The number of fused-ring (bicyclic) bond motifs is 1. The molecule has 0 saturated carbocycles. The monoisotopic (exact) mass is 705 g/mol. The van der Waals surface area contributed by atoms with E-state index in [0.29, 0.717) is 29.1 Å². The third kappa shape index (κ3) is 9.61. The lowest BCUT2D eigenvalue weighted by Crippen LogP contribution is -2.53. The van der Waals surface area contributed by atoms with E-state index in [9.17, 15) is 39.1 Å². The summed E-state index contributed by atoms with van der Waals surface area (Å²) in [5, 5.41) is 22.2. The molecule has 4 rings (SSSR count). The second-order valence-corrected chi connectivity index (χ2v) is 14.3. The van der Waals surface area contributed by atoms with Crippen molar-refractivity contribution >= 4 is 52.9 Å². The third-order valence-electron chi connectivity index (χ3n) is 7.99. The van der Waals surface area contributed by atoms with Gasteiger partial charge in [-0.1, -0.05) is 6.07 Å². The van der Waals surface area contributed by atoms with Gasteiger partial charge in [0.25, 0.3) is 5.91 Å². The lowest BCUT2D eigenvalue weighted by molar-refractivity contribution is -0.149. The first-order valence-electron chi connectivity index (χ1n) is 16.4. The van der Waals surface area contributed by atoms with Crippen molar-refractivity contribution in [3.63, 3.8) is 0 Å². The number of carboxylic acids is 1. The van der Waals surface area contributed by atoms with Gasteiger partial charge < -0.3 is 34.4 Å². The molecular weight excluding hydrogens is 662 g/mol. The fourth-order valence-electron chi connectivity index (χ4n) is 5.62. The Bertz CT molecular complexity index is 1740. The molecular formula is C36H43N5O10. The maximum atomic E-state index is 13.8. The number of nitrogens with zero attached hydrogens (tertiary/aromatic N) is 4. The minimum absolute atomic E-state index is 0.0117. The third-order valence-corrected chi connectivity index (χ3v) is 7.99. The number of rotatable bonds is 8. The summed E-state index contributed by atoms with van der Waals surface area (Å²) in [7, 11) is 1.66. The highest BCUT2D eigenvalue weighted by Gasteiger charge is 2.42. The first-order valence-corrected chi connectivity index (χ1v) is 16.4. The molecule has 1 saturated heterocycles. The van der Waals surface area contributed by atoms with Crippen LogP contribution in [0.1, 0.15) is 71.1 Å². The topological polar surface area (TPSA) is 196 Å². The van der Waals surface area contributed by atoms with E-state index in [1.807, 2.05) is 12.1 Å². The highest BCUT2D eigenvalue weighted by atomic mass is 16.6. The van der Waals surface area contributed by atoms with Crippen LogP contribution >= 0.6 is 0 Å². The molecule has 2 heterocycles. The van der Waals surface area contributed by atoms with Crippen molar-refractivity contribution in [3.05, 3.63) is 53.1 Å². The zero-order valence-electron chi connectivity index (χ0n) is 29.8. The van der Waals surface area contributed by atoms with Gasteiger partial charge in [0, 0.05) is 37.1 Å². The van der Waals surface area contributed by atoms with E-state index in [1.54, 1.807) is 60.7 Å². The predicted molar refractivity (Wildman–Crippen MR) is 184 cm³/mol. The molecule has 15 heteroatoms. The van der Waals surface area contributed by atoms with Gasteiger partial charge in [0.1, 0.15) is 17.3 Å². The van der Waals surface area contributed by atoms with Gasteiger partial charge >= 0.3 is 18.2 Å². The number of ether oxygens (including phenoxy) is 3. The average Bonchev–Trinajstić information content (AvgIpc) is 3.02. The summed E-state index contributed by atoms with van der Waals surface area (Å²) >= 11 is 0. The molecule has 2 N–H and O–H groups in total. The second-order valence-electron chi connectivity index (χ2n) is 14.3. The molecule has 1 fully saturated rings. The first kappa shape index (κ1) is 38.3. The molecule has 2 aliphatic rings. The maximum absolute atomic E-state index is 13.8. The van der Waals surface area contributed by atoms with Crippen LogP contribution in [0.3, 0.4) is 0 Å². The van der Waals surface area contributed by atoms with Gasteiger partial charge in [0.15, 0.2) is 0 Å². The lowest BCUT2D eigenvalue weighted by atomic mass is 9.94. The number of carbonyl (C=O) groups is 6. The molecule has 0 spiro atoms. The molecule has 0 bridgehead atoms. The second kappa shape index (κ2) is 15.2. The highest BCUT2D eigenvalue weighted by Crippen LogP contribution is 2.33. The van der Waals surface area contributed by atoms with Gasteiger partial charge in [0.2, 0.25) is 11.8 Å². The van der Waals surface area contributed by atoms with Crippen molar-refractivity contribution in [2.75, 3.05) is 35.3 Å². The Hall–Kier alpha value is -5.49. The van der Waals surface area contributed by atoms with E-state index in [2.05, 4.69) is 5.32 Å². The standard InChI is InChI=1S/C36H43N5O10/c1-35(2,3)50-33(47)41(34(48)51-36(4,5)6)20-23-16-24(11-8-22(23)19-37)38-31(45)26(18-29(43)44)30-32(46)40(14-15-49-30)25-12-9-21-10-13-28(42)39(7)27(21)17-25/h8-9,11-12,16-17,26,30H,10,13-15,18,20H2,1-7H3,(H,38,45)(H,43,44)/t26-,30-/m1/s1. The number of carboxylic acid groups (broad SMARTS) is 1. The number of aliphatic carboxylic acids is 1. The van der Waals surface area contributed by atoms with Gasteiger partial charge in [-0.15, -0.1) is 0 Å². The summed E-state index contributed by atoms with van der Waals surface area (Å²) in [5.74, 6) is -4.35. The number of hydrogen-bond acceptors (Lipinski definition) is 10. The van der Waals surface area contributed by atoms with E-state index in [1.165, 1.54) is 28.0 Å². The van der Waals surface area contributed by atoms with Crippen molar-refractivity contribution in [1.29, 1.82) is 5.26 Å². The fraction of sp³-hybridized carbons (Fsp3) is 0.472. The van der Waals surface area contributed by atoms with E-state index in [-0.39, 0.29) is 35.9 Å². The molecule has 2 aliphatic heterocycles. The molecule has 0 radical (unpaired) electrons. The largest absolute Gasteiger partial charge is 0.481 e. The Balaban J connectivity index is 1.60. The molecule has 0 unspecified atom stereocenters. The summed E-state index contributed by atoms with van der Waals surface area (Å²) in [6.45, 7) is 9.41. The number of nitrogens with one attached hydrogen (secondary N) is 1. The quantitative estimate of drug-likeness (QED) is 0.390. The summed E-state index contributed by atoms with van der Waals surface area (Å²) in [6.07, 6.45) is -3.31. The Morgan fingerprint density at radius 1 is 1.02 bits per heavy atom. The number of morpholine rings is 1. The zero-order valence-corrected chi connectivity index (χ0v) is 29.8. The van der Waals surface area contributed by atoms with Gasteiger partial charge in [-0.25, -0.2) is 14.5 Å². The Morgan fingerprint density at radius 3 is 2.25 bits per heavy atom. The summed E-state index contributed by atoms with van der Waals surface area (Å²) < 4.78 is 16.5. The van der Waals surface area contributed by atoms with Crippen LogP contribution in [-0.2, 0) is 46.4 Å². The molecule has 15 nitrogen and oxygen atoms in total. The van der Waals surface area contributed by atoms with Crippen molar-refractivity contribution < 1.29 is 48.1 Å². The Labute approximate surface area is 296 Å². The lowest BCUT2D eigenvalue weighted by Gasteiger charge is -2.36. The number of anilines is 3. The number of imide groups is 1. The van der Waals surface area contributed by atoms with Gasteiger partial charge in [-0.3, -0.25) is 19.2 Å². The van der Waals surface area contributed by atoms with Crippen molar-refractivity contribution in [1.82, 2.24) is 4.90 Å². The Kier molecular flexibility index (Phi) is 11.4. The molecule has 0 aliphatic carbocycles. The molecule has 272 valence electrons. The SMILES string of the molecule is CN1C(=O)CCc2ccc(N3CCO[C@H]([C@@H](CC(=O)O)C(=O)Nc4ccc(C#N)c(CN(C(=O)OC(C)(C)C)C(=O)OC(C)(C)C)c4)C3=O)cc21. The normalized spacial score (nSPS) is 16.8. The van der Waals surface area contributed by atoms with Crippen LogP contribution in [0.4, 0.5) is 26.7 Å². The number of benzene rings is 2. The van der Waals surface area contributed by atoms with Crippen LogP contribution < -0.4 is 15.1 Å². The van der Waals surface area contributed by atoms with Crippen LogP contribution in [0.2, 0.25) is 0 Å². The van der Waals surface area contributed by atoms with E-state index in [4.69, 9.17) is 14.2 Å². The van der Waals surface area contributed by atoms with Crippen molar-refractivity contribution in [2.24, 2.45) is 5.92 Å². The van der Waals surface area contributed by atoms with E-state index < -0.39 is 66.2 Å². The first-order chi connectivity index (χ1) is 23.8. The fourth-order valence-corrected chi connectivity index (χ4v) is 5.62. The van der Waals surface area contributed by atoms with Gasteiger partial charge in [0.05, 0.1) is 37.1 Å². The van der Waals surface area contributed by atoms with Crippen molar-refractivity contribution in [2.45, 2.75) is 84.7 Å². The maximum Gasteiger partial charge on any atom is 0.420 e. The molecule has 0 aromatic heterocycles. The molecule has 2 aromatic carbocycles. The van der Waals surface area contributed by atoms with E-state index >= 15 is 0 Å². The highest BCUT2D eigenvalue weighted by molar-refractivity contribution is 6.04. The van der Waals surface area contributed by atoms with Gasteiger partial charge in [-0.2, -0.15) is 5.26 Å². The molecule has 2 atom stereocenters. The van der Waals surface area contributed by atoms with Gasteiger partial charge in [-0.05, 0) is 89.4 Å². The van der Waals surface area contributed by atoms with Crippen molar-refractivity contribution in [3.8, 4) is 6.07 Å². The predicted octanol–water partition coefficient (Wildman–Crippen LogP) is 4.60. The molecule has 5 amide bonds. The Morgan fingerprint density at radius 2 is 1.67 bits per heavy atom.